The van der Waals surface area contributed by atoms with Gasteiger partial charge in [-0.1, -0.05) is 12.1 Å². The van der Waals surface area contributed by atoms with Crippen LogP contribution in [0.25, 0.3) is 0 Å². The van der Waals surface area contributed by atoms with E-state index in [1.807, 2.05) is 32.0 Å². The van der Waals surface area contributed by atoms with E-state index in [1.54, 1.807) is 7.11 Å². The van der Waals surface area contributed by atoms with Gasteiger partial charge < -0.3 is 20.1 Å². The van der Waals surface area contributed by atoms with Gasteiger partial charge in [0.15, 0.2) is 5.96 Å². The van der Waals surface area contributed by atoms with Crippen molar-refractivity contribution in [1.29, 1.82) is 0 Å². The number of nitrogens with one attached hydrogen (secondary N) is 2. The Morgan fingerprint density at radius 2 is 2.05 bits per heavy atom. The first kappa shape index (κ1) is 17.8. The summed E-state index contributed by atoms with van der Waals surface area (Å²) in [4.78, 5) is 15.6. The van der Waals surface area contributed by atoms with Crippen LogP contribution in [0, 0.1) is 6.92 Å². The molecule has 0 aliphatic heterocycles. The predicted octanol–water partition coefficient (Wildman–Crippen LogP) is 1.62. The fraction of sp³-hybridized carbons (Fsp3) is 0.500. The number of nitrogens with zero attached hydrogens (tertiary/aromatic N) is 1. The van der Waals surface area contributed by atoms with Gasteiger partial charge in [-0.2, -0.15) is 0 Å². The molecule has 0 bridgehead atoms. The van der Waals surface area contributed by atoms with E-state index in [-0.39, 0.29) is 5.97 Å². The van der Waals surface area contributed by atoms with E-state index in [2.05, 4.69) is 20.4 Å². The zero-order valence-electron chi connectivity index (χ0n) is 13.7. The summed E-state index contributed by atoms with van der Waals surface area (Å²) >= 11 is 0. The van der Waals surface area contributed by atoms with Crippen molar-refractivity contribution in [3.63, 3.8) is 0 Å². The van der Waals surface area contributed by atoms with E-state index in [0.29, 0.717) is 25.5 Å². The fourth-order valence-corrected chi connectivity index (χ4v) is 1.87. The van der Waals surface area contributed by atoms with Crippen LogP contribution in [0.4, 0.5) is 0 Å². The third kappa shape index (κ3) is 6.03. The van der Waals surface area contributed by atoms with Crippen molar-refractivity contribution in [1.82, 2.24) is 10.6 Å². The maximum atomic E-state index is 11.1. The first-order chi connectivity index (χ1) is 10.6. The third-order valence-electron chi connectivity index (χ3n) is 3.04. The lowest BCUT2D eigenvalue weighted by atomic mass is 10.1. The molecule has 0 radical (unpaired) electrons. The van der Waals surface area contributed by atoms with Gasteiger partial charge in [0.05, 0.1) is 27.2 Å². The van der Waals surface area contributed by atoms with Crippen molar-refractivity contribution in [3.05, 3.63) is 29.3 Å². The van der Waals surface area contributed by atoms with Gasteiger partial charge in [-0.15, -0.1) is 0 Å². The second-order valence-corrected chi connectivity index (χ2v) is 4.76. The highest BCUT2D eigenvalue weighted by Gasteiger charge is 2.05. The lowest BCUT2D eigenvalue weighted by molar-refractivity contribution is -0.140. The molecule has 1 rings (SSSR count). The largest absolute Gasteiger partial charge is 0.496 e. The average Bonchev–Trinajstić information content (AvgIpc) is 2.52. The van der Waals surface area contributed by atoms with Crippen molar-refractivity contribution in [3.8, 4) is 5.75 Å². The summed E-state index contributed by atoms with van der Waals surface area (Å²) in [7, 11) is 3.03. The van der Waals surface area contributed by atoms with Crippen LogP contribution in [0.2, 0.25) is 0 Å². The van der Waals surface area contributed by atoms with Crippen LogP contribution in [-0.2, 0) is 16.1 Å². The number of hydrogen-bond donors (Lipinski definition) is 2. The minimum Gasteiger partial charge on any atom is -0.496 e. The SMILES string of the molecule is CCNC(=NCc1ccc(C)cc1OC)NCCC(=O)OC. The summed E-state index contributed by atoms with van der Waals surface area (Å²) in [6.07, 6.45) is 0.300. The lowest BCUT2D eigenvalue weighted by Crippen LogP contribution is -2.38. The number of aliphatic imine (C=N–C) groups is 1. The lowest BCUT2D eigenvalue weighted by Gasteiger charge is -2.12. The second-order valence-electron chi connectivity index (χ2n) is 4.76. The number of carbonyl (C=O) groups excluding carboxylic acids is 1. The normalized spacial score (nSPS) is 11.0. The topological polar surface area (TPSA) is 72.0 Å². The number of guanidine groups is 1. The first-order valence-corrected chi connectivity index (χ1v) is 7.33. The third-order valence-corrected chi connectivity index (χ3v) is 3.04. The Kier molecular flexibility index (Phi) is 7.81. The van der Waals surface area contributed by atoms with Crippen LogP contribution in [0.5, 0.6) is 5.75 Å². The molecule has 0 atom stereocenters. The van der Waals surface area contributed by atoms with Crippen molar-refractivity contribution >= 4 is 11.9 Å². The van der Waals surface area contributed by atoms with Crippen LogP contribution < -0.4 is 15.4 Å². The minimum atomic E-state index is -0.247. The van der Waals surface area contributed by atoms with E-state index < -0.39 is 0 Å². The maximum Gasteiger partial charge on any atom is 0.307 e. The van der Waals surface area contributed by atoms with Gasteiger partial charge in [-0.05, 0) is 25.5 Å². The molecule has 0 spiro atoms. The summed E-state index contributed by atoms with van der Waals surface area (Å²) in [6.45, 7) is 5.73. The molecule has 0 saturated heterocycles. The molecule has 0 unspecified atom stereocenters. The van der Waals surface area contributed by atoms with Gasteiger partial charge in [-0.25, -0.2) is 4.99 Å². The number of ether oxygens (including phenoxy) is 2. The maximum absolute atomic E-state index is 11.1. The molecular weight excluding hydrogens is 282 g/mol. The van der Waals surface area contributed by atoms with Crippen molar-refractivity contribution < 1.29 is 14.3 Å². The number of esters is 1. The van der Waals surface area contributed by atoms with E-state index >= 15 is 0 Å². The van der Waals surface area contributed by atoms with Crippen molar-refractivity contribution in [2.24, 2.45) is 4.99 Å². The summed E-state index contributed by atoms with van der Waals surface area (Å²) in [6, 6.07) is 6.03. The van der Waals surface area contributed by atoms with Crippen LogP contribution in [0.15, 0.2) is 23.2 Å². The Labute approximate surface area is 131 Å². The first-order valence-electron chi connectivity index (χ1n) is 7.33. The van der Waals surface area contributed by atoms with Gasteiger partial charge in [0.2, 0.25) is 0 Å². The Morgan fingerprint density at radius 3 is 2.68 bits per heavy atom. The van der Waals surface area contributed by atoms with Gasteiger partial charge >= 0.3 is 5.97 Å². The number of hydrogen-bond acceptors (Lipinski definition) is 4. The van der Waals surface area contributed by atoms with Crippen LogP contribution in [0.1, 0.15) is 24.5 Å². The molecule has 0 aliphatic rings. The molecule has 0 aliphatic carbocycles. The number of methoxy groups -OCH3 is 2. The van der Waals surface area contributed by atoms with Gasteiger partial charge in [-0.3, -0.25) is 4.79 Å². The molecule has 2 N–H and O–H groups in total. The summed E-state index contributed by atoms with van der Waals surface area (Å²) in [5.41, 5.74) is 2.16. The van der Waals surface area contributed by atoms with Crippen molar-refractivity contribution in [2.75, 3.05) is 27.3 Å². The highest BCUT2D eigenvalue weighted by atomic mass is 16.5. The predicted molar refractivity (Wildman–Crippen MR) is 87.2 cm³/mol. The smallest absolute Gasteiger partial charge is 0.307 e. The monoisotopic (exact) mass is 307 g/mol. The average molecular weight is 307 g/mol. The number of aryl methyl sites for hydroxylation is 1. The molecule has 122 valence electrons. The highest BCUT2D eigenvalue weighted by Crippen LogP contribution is 2.20. The Bertz CT molecular complexity index is 515. The van der Waals surface area contributed by atoms with E-state index in [4.69, 9.17) is 4.74 Å². The van der Waals surface area contributed by atoms with E-state index in [1.165, 1.54) is 7.11 Å². The molecule has 0 heterocycles. The molecule has 0 saturated carbocycles. The molecule has 22 heavy (non-hydrogen) atoms. The highest BCUT2D eigenvalue weighted by molar-refractivity contribution is 5.80. The fourth-order valence-electron chi connectivity index (χ4n) is 1.87. The molecule has 0 aromatic heterocycles. The Morgan fingerprint density at radius 1 is 1.27 bits per heavy atom. The van der Waals surface area contributed by atoms with Crippen LogP contribution >= 0.6 is 0 Å². The Balaban J connectivity index is 2.67. The zero-order chi connectivity index (χ0) is 16.4. The molecule has 6 heteroatoms. The Hall–Kier alpha value is -2.24. The molecule has 0 amide bonds. The molecular formula is C16H25N3O3. The van der Waals surface area contributed by atoms with Gasteiger partial charge in [0, 0.05) is 18.7 Å². The quantitative estimate of drug-likeness (QED) is 0.455. The summed E-state index contributed by atoms with van der Waals surface area (Å²) in [5.74, 6) is 1.24. The number of carbonyl (C=O) groups is 1. The second kappa shape index (κ2) is 9.65. The molecule has 1 aromatic rings. The summed E-state index contributed by atoms with van der Waals surface area (Å²) in [5, 5.41) is 6.24. The standard InChI is InChI=1S/C16H25N3O3/c1-5-17-16(18-9-8-15(20)22-4)19-11-13-7-6-12(2)10-14(13)21-3/h6-7,10H,5,8-9,11H2,1-4H3,(H2,17,18,19). The zero-order valence-corrected chi connectivity index (χ0v) is 13.7. The molecule has 1 aromatic carbocycles. The van der Waals surface area contributed by atoms with Crippen LogP contribution in [0.3, 0.4) is 0 Å². The van der Waals surface area contributed by atoms with Gasteiger partial charge in [0.1, 0.15) is 5.75 Å². The van der Waals surface area contributed by atoms with E-state index in [0.717, 1.165) is 23.4 Å². The minimum absolute atomic E-state index is 0.247. The van der Waals surface area contributed by atoms with Crippen LogP contribution in [-0.4, -0.2) is 39.2 Å². The van der Waals surface area contributed by atoms with Gasteiger partial charge in [0.25, 0.3) is 0 Å². The number of benzene rings is 1. The molecule has 0 fully saturated rings. The number of rotatable bonds is 7. The van der Waals surface area contributed by atoms with Crippen molar-refractivity contribution in [2.45, 2.75) is 26.8 Å². The summed E-state index contributed by atoms with van der Waals surface area (Å²) < 4.78 is 9.98. The molecule has 6 nitrogen and oxygen atoms in total. The van der Waals surface area contributed by atoms with E-state index in [9.17, 15) is 4.79 Å².